The molecule has 0 spiro atoms. The summed E-state index contributed by atoms with van der Waals surface area (Å²) in [6.07, 6.45) is 3.54. The minimum atomic E-state index is -6.04. The van der Waals surface area contributed by atoms with Crippen molar-refractivity contribution in [1.29, 1.82) is 0 Å². The van der Waals surface area contributed by atoms with Crippen LogP contribution in [0.2, 0.25) is 5.02 Å². The van der Waals surface area contributed by atoms with Gasteiger partial charge < -0.3 is 29.9 Å². The molecule has 0 saturated carbocycles. The molecule has 1 atom stereocenters. The zero-order chi connectivity index (χ0) is 55.5. The third-order valence-electron chi connectivity index (χ3n) is 14.0. The van der Waals surface area contributed by atoms with E-state index in [-0.39, 0.29) is 22.3 Å². The average molecular weight is 1160 g/mol. The van der Waals surface area contributed by atoms with E-state index in [1.807, 2.05) is 65.8 Å². The molecule has 2 aliphatic rings. The molecule has 0 amide bonds. The molecule has 2 aliphatic heterocycles. The van der Waals surface area contributed by atoms with E-state index >= 15 is 4.39 Å². The van der Waals surface area contributed by atoms with Crippen LogP contribution in [0.15, 0.2) is 135 Å². The molecule has 414 valence electrons. The van der Waals surface area contributed by atoms with Crippen LogP contribution in [0.1, 0.15) is 51.8 Å². The normalized spacial score (nSPS) is 15.8. The summed E-state index contributed by atoms with van der Waals surface area (Å²) in [7, 11) is -14.5. The summed E-state index contributed by atoms with van der Waals surface area (Å²) in [5, 5.41) is 7.06. The molecule has 0 unspecified atom stereocenters. The lowest BCUT2D eigenvalue weighted by Gasteiger charge is -2.37. The molecule has 2 fully saturated rings. The molecule has 2 saturated heterocycles. The molecule has 0 radical (unpaired) electrons. The maximum absolute atomic E-state index is 15.8. The molecule has 0 bridgehead atoms. The number of sulfone groups is 2. The predicted molar refractivity (Wildman–Crippen MR) is 302 cm³/mol. The molecule has 6 aromatic rings. The van der Waals surface area contributed by atoms with Gasteiger partial charge in [0.15, 0.2) is 9.84 Å². The van der Waals surface area contributed by atoms with Gasteiger partial charge in [0.2, 0.25) is 0 Å². The smallest absolute Gasteiger partial charge is 0.380 e. The van der Waals surface area contributed by atoms with Crippen LogP contribution in [-0.4, -0.2) is 117 Å². The number of benzene rings is 5. The van der Waals surface area contributed by atoms with Crippen molar-refractivity contribution in [3.05, 3.63) is 132 Å². The molecule has 0 aliphatic carbocycles. The molecular weight excluding hydrogens is 1090 g/mol. The lowest BCUT2D eigenvalue weighted by molar-refractivity contribution is -0.0435. The molecule has 77 heavy (non-hydrogen) atoms. The predicted octanol–water partition coefficient (Wildman–Crippen LogP) is 11.4. The topological polar surface area (TPSA) is 153 Å². The van der Waals surface area contributed by atoms with Crippen LogP contribution in [0.25, 0.3) is 22.4 Å². The van der Waals surface area contributed by atoms with Crippen molar-refractivity contribution >= 4 is 75.8 Å². The van der Waals surface area contributed by atoms with Gasteiger partial charge in [-0.05, 0) is 156 Å². The first-order valence-corrected chi connectivity index (χ1v) is 31.7. The van der Waals surface area contributed by atoms with Crippen molar-refractivity contribution in [2.45, 2.75) is 90.2 Å². The van der Waals surface area contributed by atoms with E-state index in [2.05, 4.69) is 32.1 Å². The third kappa shape index (κ3) is 13.6. The number of nitrogens with one attached hydrogen (secondary N) is 3. The molecule has 5 aromatic carbocycles. The maximum Gasteiger partial charge on any atom is 0.501 e. The number of aromatic nitrogens is 1. The second-order valence-electron chi connectivity index (χ2n) is 19.7. The first-order chi connectivity index (χ1) is 36.4. The highest BCUT2D eigenvalue weighted by Crippen LogP contribution is 2.45. The Kier molecular flexibility index (Phi) is 18.0. The summed E-state index contributed by atoms with van der Waals surface area (Å²) < 4.78 is 145. The average Bonchev–Trinajstić information content (AvgIpc) is 3.93. The number of piperazine rings is 1. The molecule has 3 heterocycles. The highest BCUT2D eigenvalue weighted by Gasteiger charge is 2.48. The van der Waals surface area contributed by atoms with Gasteiger partial charge in [0.1, 0.15) is 10.7 Å². The Morgan fingerprint density at radius 3 is 2.00 bits per heavy atom. The fourth-order valence-corrected chi connectivity index (χ4v) is 14.7. The second kappa shape index (κ2) is 24.0. The van der Waals surface area contributed by atoms with Crippen LogP contribution in [0, 0.1) is 12.7 Å². The Morgan fingerprint density at radius 1 is 0.766 bits per heavy atom. The van der Waals surface area contributed by atoms with Crippen molar-refractivity contribution in [3.8, 4) is 22.4 Å². The molecule has 3 N–H and O–H groups in total. The summed E-state index contributed by atoms with van der Waals surface area (Å²) in [5.41, 5.74) is -2.02. The molecule has 8 rings (SSSR count). The van der Waals surface area contributed by atoms with Gasteiger partial charge >= 0.3 is 5.51 Å². The maximum atomic E-state index is 15.8. The standard InChI is InChI=1S/C55H64ClF4N7O6S4/c1-6-61-43-22-25-64(26-23-43)27-24-45(36-74-48-10-8-7-9-11-48)62-50-21-20-49(35-51(50)76(70,71)55(58,59)60)77(72,73)63-44-16-18-46(19-17-44)65-28-30-66(31-29-65)47-33-40(32-42(57)34-47)52-53(39-12-14-41(56)15-13-39)67(37(2)3)38(4)54(52)75(5,68)69/h7-21,32-35,37,43,45,61-63H,6,22-31,36H2,1-5H3/t45-/m1/s1. The first-order valence-electron chi connectivity index (χ1n) is 25.4. The Morgan fingerprint density at radius 2 is 1.40 bits per heavy atom. The third-order valence-corrected chi connectivity index (χ3v) is 19.6. The zero-order valence-corrected chi connectivity index (χ0v) is 47.5. The van der Waals surface area contributed by atoms with Crippen LogP contribution in [0.3, 0.4) is 0 Å². The Bertz CT molecular complexity index is 3370. The van der Waals surface area contributed by atoms with Gasteiger partial charge in [-0.15, -0.1) is 11.8 Å². The molecule has 13 nitrogen and oxygen atoms in total. The Balaban J connectivity index is 0.980. The first kappa shape index (κ1) is 57.9. The number of sulfonamides is 1. The van der Waals surface area contributed by atoms with Crippen LogP contribution in [-0.2, 0) is 29.7 Å². The quantitative estimate of drug-likeness (QED) is 0.0493. The lowest BCUT2D eigenvalue weighted by Crippen LogP contribution is -2.46. The molecular formula is C55H64ClF4N7O6S4. The van der Waals surface area contributed by atoms with Crippen molar-refractivity contribution in [3.63, 3.8) is 0 Å². The van der Waals surface area contributed by atoms with Gasteiger partial charge in [-0.25, -0.2) is 29.6 Å². The number of nitrogens with zero attached hydrogens (tertiary/aromatic N) is 4. The summed E-state index contributed by atoms with van der Waals surface area (Å²) in [4.78, 5) is 5.52. The van der Waals surface area contributed by atoms with E-state index in [1.165, 1.54) is 36.0 Å². The number of piperidine rings is 1. The largest absolute Gasteiger partial charge is 0.501 e. The van der Waals surface area contributed by atoms with Crippen LogP contribution >= 0.6 is 23.4 Å². The van der Waals surface area contributed by atoms with Crippen LogP contribution < -0.4 is 25.2 Å². The van der Waals surface area contributed by atoms with Gasteiger partial charge in [-0.1, -0.05) is 48.9 Å². The number of alkyl halides is 3. The number of likely N-dealkylation sites (tertiary alicyclic amines) is 1. The van der Waals surface area contributed by atoms with E-state index in [1.54, 1.807) is 37.3 Å². The fraction of sp³-hybridized carbons (Fsp3) is 0.382. The number of hydrogen-bond acceptors (Lipinski definition) is 12. The molecule has 1 aromatic heterocycles. The monoisotopic (exact) mass is 1160 g/mol. The number of thioether (sulfide) groups is 1. The molecule has 22 heteroatoms. The van der Waals surface area contributed by atoms with Crippen molar-refractivity contribution in [2.75, 3.05) is 84.2 Å². The summed E-state index contributed by atoms with van der Waals surface area (Å²) in [6, 6.07) is 30.0. The lowest BCUT2D eigenvalue weighted by atomic mass is 9.99. The van der Waals surface area contributed by atoms with Gasteiger partial charge in [-0.3, -0.25) is 4.72 Å². The summed E-state index contributed by atoms with van der Waals surface area (Å²) in [5.74, 6) is -0.151. The Labute approximate surface area is 459 Å². The number of anilines is 4. The van der Waals surface area contributed by atoms with Gasteiger partial charge in [0, 0.05) is 101 Å². The van der Waals surface area contributed by atoms with Gasteiger partial charge in [0.05, 0.1) is 21.2 Å². The number of halogens is 5. The van der Waals surface area contributed by atoms with Crippen LogP contribution in [0.5, 0.6) is 0 Å². The Hall–Kier alpha value is -5.29. The minimum Gasteiger partial charge on any atom is -0.380 e. The van der Waals surface area contributed by atoms with E-state index in [0.29, 0.717) is 90.2 Å². The van der Waals surface area contributed by atoms with Gasteiger partial charge in [-0.2, -0.15) is 13.2 Å². The second-order valence-corrected chi connectivity index (χ2v) is 26.8. The van der Waals surface area contributed by atoms with Gasteiger partial charge in [0.25, 0.3) is 19.9 Å². The SMILES string of the molecule is CCNC1CCN(CC[C@H](CSc2ccccc2)Nc2ccc(S(=O)(=O)Nc3ccc(N4CCN(c5cc(F)cc(-c6c(S(C)(=O)=O)c(C)n(C(C)C)c6-c6ccc(Cl)cc6)c5)CC4)cc3)cc2S(=O)(=O)C(F)(F)F)CC1. The number of rotatable bonds is 20. The number of hydrogen-bond donors (Lipinski definition) is 3. The van der Waals surface area contributed by atoms with Crippen molar-refractivity contribution < 1.29 is 42.8 Å². The minimum absolute atomic E-state index is 0.0857. The van der Waals surface area contributed by atoms with E-state index in [4.69, 9.17) is 11.6 Å². The van der Waals surface area contributed by atoms with Crippen molar-refractivity contribution in [1.82, 2.24) is 14.8 Å². The highest BCUT2D eigenvalue weighted by atomic mass is 35.5. The summed E-state index contributed by atoms with van der Waals surface area (Å²) >= 11 is 7.73. The van der Waals surface area contributed by atoms with Crippen molar-refractivity contribution in [2.24, 2.45) is 0 Å². The highest BCUT2D eigenvalue weighted by molar-refractivity contribution is 7.99. The zero-order valence-electron chi connectivity index (χ0n) is 43.4. The van der Waals surface area contributed by atoms with E-state index in [9.17, 15) is 38.4 Å². The summed E-state index contributed by atoms with van der Waals surface area (Å²) in [6.45, 7) is 12.7. The van der Waals surface area contributed by atoms with E-state index in [0.717, 1.165) is 67.0 Å². The van der Waals surface area contributed by atoms with E-state index < -0.39 is 56.9 Å². The fourth-order valence-electron chi connectivity index (χ4n) is 10.3. The van der Waals surface area contributed by atoms with Crippen LogP contribution in [0.4, 0.5) is 40.3 Å².